The number of aliphatic hydroxyl groups excluding tert-OH is 1. The van der Waals surface area contributed by atoms with Crippen LogP contribution in [0.2, 0.25) is 0 Å². The number of carbonyl (C=O) groups is 9. The number of ketones is 1. The fourth-order valence-electron chi connectivity index (χ4n) is 4.17. The van der Waals surface area contributed by atoms with Gasteiger partial charge in [-0.1, -0.05) is 11.5 Å². The van der Waals surface area contributed by atoms with Gasteiger partial charge in [-0.25, -0.2) is 0 Å². The third kappa shape index (κ3) is 23.4. The fourth-order valence-corrected chi connectivity index (χ4v) is 4.17. The van der Waals surface area contributed by atoms with Gasteiger partial charge in [-0.05, 0) is 44.6 Å². The first kappa shape index (κ1) is 47.9. The Morgan fingerprint density at radius 3 is 1.70 bits per heavy atom. The summed E-state index contributed by atoms with van der Waals surface area (Å²) in [6.07, 6.45) is 1.22. The molecule has 302 valence electrons. The molecule has 4 atom stereocenters. The molecule has 0 aliphatic heterocycles. The first-order valence-corrected chi connectivity index (χ1v) is 16.7. The highest BCUT2D eigenvalue weighted by Gasteiger charge is 2.29. The summed E-state index contributed by atoms with van der Waals surface area (Å²) < 4.78 is 0. The molecule has 25 heteroatoms. The van der Waals surface area contributed by atoms with Gasteiger partial charge in [0.2, 0.25) is 47.3 Å². The molecule has 0 fully saturated rings. The number of nitrogens with two attached hydrogens (primary N) is 4. The number of carbonyl (C=O) groups excluding carboxylic acids is 9. The van der Waals surface area contributed by atoms with Crippen molar-refractivity contribution in [2.24, 2.45) is 33.0 Å². The number of nitrogens with zero attached hydrogens (tertiary/aromatic N) is 4. The van der Waals surface area contributed by atoms with Crippen LogP contribution in [0.3, 0.4) is 0 Å². The zero-order valence-electron chi connectivity index (χ0n) is 29.9. The Labute approximate surface area is 309 Å². The highest BCUT2D eigenvalue weighted by Crippen LogP contribution is 2.04. The molecule has 0 unspecified atom stereocenters. The maximum absolute atomic E-state index is 13.0. The van der Waals surface area contributed by atoms with Gasteiger partial charge in [-0.3, -0.25) is 48.1 Å². The number of Topliss-reactive ketones (excluding diaryl/α,β-unsaturated/α-hetero) is 1. The standard InChI is InChI=1S/C29H51N15O10/c1-16(46)18(6-4-9-35-29(32)33)42-27(53)19(7-8-21(31)47)43-28(54)20(15-45)41-25(51)14-38-23(49)12-36-22(48)11-37-24(50)13-39-26(52)17(30)5-2-3-10-40-44-34/h17-20,45H,2-15,30H2,1H3,(H2,31,47)(H,36,48)(H,37,50)(H,38,49)(H,39,52)(H,41,51)(H,42,53)(H,43,54)(H4,32,33,35)/t17-,18-,19-,20-/m0/s1. The summed E-state index contributed by atoms with van der Waals surface area (Å²) in [5, 5.41) is 28.9. The summed E-state index contributed by atoms with van der Waals surface area (Å²) in [5.41, 5.74) is 29.7. The van der Waals surface area contributed by atoms with Gasteiger partial charge >= 0.3 is 0 Å². The minimum atomic E-state index is -1.61. The van der Waals surface area contributed by atoms with Gasteiger partial charge in [0.25, 0.3) is 0 Å². The second kappa shape index (κ2) is 27.6. The van der Waals surface area contributed by atoms with Gasteiger partial charge in [0, 0.05) is 24.4 Å². The summed E-state index contributed by atoms with van der Waals surface area (Å²) in [6.45, 7) is -1.57. The molecule has 0 rings (SSSR count). The molecular formula is C29H51N15O10. The normalized spacial score (nSPS) is 12.5. The average Bonchev–Trinajstić information content (AvgIpc) is 3.12. The van der Waals surface area contributed by atoms with E-state index in [1.165, 1.54) is 6.92 Å². The van der Waals surface area contributed by atoms with E-state index >= 15 is 0 Å². The predicted octanol–water partition coefficient (Wildman–Crippen LogP) is -6.39. The van der Waals surface area contributed by atoms with Crippen LogP contribution in [0.4, 0.5) is 0 Å². The highest BCUT2D eigenvalue weighted by molar-refractivity contribution is 5.95. The molecule has 0 spiro atoms. The summed E-state index contributed by atoms with van der Waals surface area (Å²) in [6, 6.07) is -4.89. The Balaban J connectivity index is 4.79. The Bertz CT molecular complexity index is 1400. The number of primary amides is 1. The quantitative estimate of drug-likeness (QED) is 0.00881. The smallest absolute Gasteiger partial charge is 0.245 e. The summed E-state index contributed by atoms with van der Waals surface area (Å²) >= 11 is 0. The third-order valence-electron chi connectivity index (χ3n) is 7.08. The van der Waals surface area contributed by atoms with Crippen molar-refractivity contribution in [1.82, 2.24) is 37.2 Å². The van der Waals surface area contributed by atoms with Crippen LogP contribution in [0, 0.1) is 0 Å². The molecule has 0 aromatic rings. The molecule has 0 radical (unpaired) electrons. The zero-order chi connectivity index (χ0) is 41.1. The van der Waals surface area contributed by atoms with Crippen LogP contribution >= 0.6 is 0 Å². The maximum atomic E-state index is 13.0. The van der Waals surface area contributed by atoms with E-state index in [9.17, 15) is 48.3 Å². The van der Waals surface area contributed by atoms with Gasteiger partial charge < -0.3 is 65.3 Å². The van der Waals surface area contributed by atoms with Crippen molar-refractivity contribution >= 4 is 59.0 Å². The molecule has 0 heterocycles. The molecule has 0 aliphatic rings. The van der Waals surface area contributed by atoms with E-state index < -0.39 is 110 Å². The van der Waals surface area contributed by atoms with E-state index in [-0.39, 0.29) is 38.3 Å². The second-order valence-corrected chi connectivity index (χ2v) is 11.6. The van der Waals surface area contributed by atoms with Crippen molar-refractivity contribution in [1.29, 1.82) is 0 Å². The van der Waals surface area contributed by atoms with Crippen molar-refractivity contribution in [2.45, 2.75) is 76.0 Å². The van der Waals surface area contributed by atoms with Gasteiger partial charge in [0.05, 0.1) is 44.9 Å². The van der Waals surface area contributed by atoms with Crippen molar-refractivity contribution in [3.8, 4) is 0 Å². The highest BCUT2D eigenvalue weighted by atomic mass is 16.3. The van der Waals surface area contributed by atoms with Gasteiger partial charge in [0.1, 0.15) is 12.1 Å². The minimum Gasteiger partial charge on any atom is -0.394 e. The molecule has 0 saturated carbocycles. The molecule has 16 N–H and O–H groups in total. The van der Waals surface area contributed by atoms with E-state index in [1.54, 1.807) is 0 Å². The summed E-state index contributed by atoms with van der Waals surface area (Å²) in [5.74, 6) is -7.10. The SMILES string of the molecule is CC(=O)[C@H](CCCN=C(N)N)NC(=O)[C@H](CCC(N)=O)NC(=O)[C@H](CO)NC(=O)CNC(=O)CNC(=O)CNC(=O)CNC(=O)[C@@H](N)CCCCN=[N+]=[N-]. The Morgan fingerprint density at radius 2 is 1.19 bits per heavy atom. The lowest BCUT2D eigenvalue weighted by Crippen LogP contribution is -2.57. The minimum absolute atomic E-state index is 0.150. The van der Waals surface area contributed by atoms with Crippen LogP contribution in [0.25, 0.3) is 10.4 Å². The topological polar surface area (TPSA) is 423 Å². The molecule has 54 heavy (non-hydrogen) atoms. The summed E-state index contributed by atoms with van der Waals surface area (Å²) in [4.78, 5) is 116. The molecular weight excluding hydrogens is 718 g/mol. The number of amides is 8. The number of hydrogen-bond acceptors (Lipinski definition) is 13. The lowest BCUT2D eigenvalue weighted by Gasteiger charge is -2.24. The van der Waals surface area contributed by atoms with E-state index in [0.717, 1.165) is 0 Å². The van der Waals surface area contributed by atoms with Gasteiger partial charge in [-0.15, -0.1) is 0 Å². The number of nitrogens with one attached hydrogen (secondary N) is 7. The van der Waals surface area contributed by atoms with Crippen LogP contribution in [0.1, 0.15) is 51.9 Å². The lowest BCUT2D eigenvalue weighted by molar-refractivity contribution is -0.134. The molecule has 0 saturated heterocycles. The zero-order valence-corrected chi connectivity index (χ0v) is 29.9. The Kier molecular flexibility index (Phi) is 24.5. The van der Waals surface area contributed by atoms with Crippen LogP contribution in [0.15, 0.2) is 10.1 Å². The number of aliphatic hydroxyl groups is 1. The number of azide groups is 1. The maximum Gasteiger partial charge on any atom is 0.245 e. The molecule has 25 nitrogen and oxygen atoms in total. The van der Waals surface area contributed by atoms with Gasteiger partial charge in [0.15, 0.2) is 11.7 Å². The molecule has 8 amide bonds. The number of unbranched alkanes of at least 4 members (excludes halogenated alkanes) is 1. The number of rotatable bonds is 28. The molecule has 0 aromatic carbocycles. The molecule has 0 aliphatic carbocycles. The van der Waals surface area contributed by atoms with E-state index in [4.69, 9.17) is 28.5 Å². The first-order valence-electron chi connectivity index (χ1n) is 16.7. The first-order chi connectivity index (χ1) is 25.5. The van der Waals surface area contributed by atoms with Crippen LogP contribution in [-0.2, 0) is 43.2 Å². The van der Waals surface area contributed by atoms with Crippen LogP contribution < -0.4 is 60.2 Å². The van der Waals surface area contributed by atoms with Crippen LogP contribution in [0.5, 0.6) is 0 Å². The predicted molar refractivity (Wildman–Crippen MR) is 190 cm³/mol. The Hall–Kier alpha value is -6.07. The fraction of sp³-hybridized carbons (Fsp3) is 0.655. The van der Waals surface area contributed by atoms with E-state index in [1.807, 2.05) is 0 Å². The van der Waals surface area contributed by atoms with Crippen molar-refractivity contribution in [2.75, 3.05) is 45.9 Å². The van der Waals surface area contributed by atoms with Crippen LogP contribution in [-0.4, -0.2) is 134 Å². The summed E-state index contributed by atoms with van der Waals surface area (Å²) in [7, 11) is 0. The van der Waals surface area contributed by atoms with Gasteiger partial charge in [-0.2, -0.15) is 0 Å². The largest absolute Gasteiger partial charge is 0.394 e. The number of aliphatic imine (C=N–C) groups is 1. The van der Waals surface area contributed by atoms with E-state index in [0.29, 0.717) is 25.7 Å². The third-order valence-corrected chi connectivity index (χ3v) is 7.08. The number of guanidine groups is 1. The molecule has 0 aromatic heterocycles. The monoisotopic (exact) mass is 769 g/mol. The second-order valence-electron chi connectivity index (χ2n) is 11.6. The van der Waals surface area contributed by atoms with Crippen molar-refractivity contribution < 1.29 is 48.3 Å². The Morgan fingerprint density at radius 1 is 0.648 bits per heavy atom. The van der Waals surface area contributed by atoms with Crippen molar-refractivity contribution in [3.05, 3.63) is 10.4 Å². The number of hydrogen-bond donors (Lipinski definition) is 12. The average molecular weight is 770 g/mol. The van der Waals surface area contributed by atoms with E-state index in [2.05, 4.69) is 52.2 Å². The van der Waals surface area contributed by atoms with Crippen molar-refractivity contribution in [3.63, 3.8) is 0 Å². The molecule has 0 bridgehead atoms. The lowest BCUT2D eigenvalue weighted by atomic mass is 10.0.